The molecule has 128 valence electrons. The molecule has 2 aromatic carbocycles. The van der Waals surface area contributed by atoms with Crippen molar-refractivity contribution in [3.8, 4) is 22.9 Å². The van der Waals surface area contributed by atoms with Crippen molar-refractivity contribution in [3.05, 3.63) is 63.0 Å². The van der Waals surface area contributed by atoms with E-state index < -0.39 is 0 Å². The van der Waals surface area contributed by atoms with Gasteiger partial charge in [0.05, 0.1) is 21.1 Å². The first-order chi connectivity index (χ1) is 12.1. The fraction of sp³-hybridized carbons (Fsp3) is 0.158. The van der Waals surface area contributed by atoms with Crippen LogP contribution >= 0.6 is 22.6 Å². The summed E-state index contributed by atoms with van der Waals surface area (Å²) in [6.07, 6.45) is 1.68. The van der Waals surface area contributed by atoms with Crippen molar-refractivity contribution in [2.45, 2.75) is 6.92 Å². The number of nitrogens with zero attached hydrogens (tertiary/aromatic N) is 1. The lowest BCUT2D eigenvalue weighted by Gasteiger charge is -2.14. The fourth-order valence-electron chi connectivity index (χ4n) is 2.47. The van der Waals surface area contributed by atoms with E-state index in [1.54, 1.807) is 12.1 Å². The summed E-state index contributed by atoms with van der Waals surface area (Å²) in [6, 6.07) is 11.0. The van der Waals surface area contributed by atoms with Crippen LogP contribution in [0.5, 0.6) is 11.5 Å². The Morgan fingerprint density at radius 1 is 1.28 bits per heavy atom. The summed E-state index contributed by atoms with van der Waals surface area (Å²) in [5, 5.41) is 0.567. The highest BCUT2D eigenvalue weighted by molar-refractivity contribution is 14.1. The van der Waals surface area contributed by atoms with Crippen LogP contribution in [0.15, 0.2) is 53.8 Å². The quantitative estimate of drug-likeness (QED) is 0.455. The molecule has 0 saturated heterocycles. The second-order valence-electron chi connectivity index (χ2n) is 5.25. The highest BCUT2D eigenvalue weighted by Crippen LogP contribution is 2.36. The lowest BCUT2D eigenvalue weighted by Crippen LogP contribution is -2.09. The van der Waals surface area contributed by atoms with Crippen molar-refractivity contribution < 1.29 is 9.47 Å². The van der Waals surface area contributed by atoms with Gasteiger partial charge in [-0.1, -0.05) is 24.8 Å². The van der Waals surface area contributed by atoms with Crippen molar-refractivity contribution in [2.24, 2.45) is 0 Å². The van der Waals surface area contributed by atoms with Gasteiger partial charge in [-0.15, -0.1) is 0 Å². The molecule has 0 unspecified atom stereocenters. The fourth-order valence-corrected chi connectivity index (χ4v) is 3.23. The molecule has 3 rings (SSSR count). The minimum Gasteiger partial charge on any atom is -0.490 e. The molecule has 0 aliphatic carbocycles. The second kappa shape index (κ2) is 7.69. The Morgan fingerprint density at radius 2 is 2.08 bits per heavy atom. The predicted octanol–water partition coefficient (Wildman–Crippen LogP) is 4.16. The van der Waals surface area contributed by atoms with Crippen LogP contribution in [0.2, 0.25) is 0 Å². The van der Waals surface area contributed by atoms with Crippen LogP contribution < -0.4 is 15.0 Å². The number of nitrogens with one attached hydrogen (secondary N) is 1. The van der Waals surface area contributed by atoms with E-state index in [9.17, 15) is 4.79 Å². The van der Waals surface area contributed by atoms with E-state index in [0.29, 0.717) is 41.4 Å². The van der Waals surface area contributed by atoms with Gasteiger partial charge in [-0.25, -0.2) is 4.98 Å². The molecule has 1 aromatic heterocycles. The lowest BCUT2D eigenvalue weighted by molar-refractivity contribution is 0.295. The van der Waals surface area contributed by atoms with Crippen molar-refractivity contribution in [2.75, 3.05) is 13.2 Å². The molecular weight excluding hydrogens is 431 g/mol. The van der Waals surface area contributed by atoms with Gasteiger partial charge < -0.3 is 14.5 Å². The topological polar surface area (TPSA) is 64.2 Å². The molecule has 0 saturated carbocycles. The van der Waals surface area contributed by atoms with Crippen LogP contribution in [0.3, 0.4) is 0 Å². The number of aromatic nitrogens is 2. The number of halogens is 1. The zero-order chi connectivity index (χ0) is 17.8. The van der Waals surface area contributed by atoms with Gasteiger partial charge in [-0.05, 0) is 53.8 Å². The molecule has 6 heteroatoms. The molecule has 0 radical (unpaired) electrons. The molecule has 0 bridgehead atoms. The summed E-state index contributed by atoms with van der Waals surface area (Å²) < 4.78 is 12.3. The number of fused-ring (bicyclic) bond motifs is 1. The highest BCUT2D eigenvalue weighted by atomic mass is 127. The van der Waals surface area contributed by atoms with E-state index in [1.165, 1.54) is 0 Å². The standard InChI is InChI=1S/C19H17IN2O3/c1-3-9-25-17-14(20)10-12(11-16(17)24-4-2)18-21-15-8-6-5-7-13(15)19(23)22-18/h3,5-8,10-11H,1,4,9H2,2H3,(H,21,22,23). The normalized spacial score (nSPS) is 10.6. The van der Waals surface area contributed by atoms with E-state index in [0.717, 1.165) is 9.13 Å². The van der Waals surface area contributed by atoms with Crippen LogP contribution in [0.25, 0.3) is 22.3 Å². The Morgan fingerprint density at radius 3 is 2.84 bits per heavy atom. The molecule has 25 heavy (non-hydrogen) atoms. The third-order valence-electron chi connectivity index (χ3n) is 3.54. The molecule has 0 aliphatic heterocycles. The summed E-state index contributed by atoms with van der Waals surface area (Å²) in [5.41, 5.74) is 1.25. The van der Waals surface area contributed by atoms with Crippen LogP contribution in [-0.4, -0.2) is 23.2 Å². The summed E-state index contributed by atoms with van der Waals surface area (Å²) in [7, 11) is 0. The average molecular weight is 448 g/mol. The first-order valence-corrected chi connectivity index (χ1v) is 8.91. The van der Waals surface area contributed by atoms with Gasteiger partial charge in [-0.2, -0.15) is 0 Å². The van der Waals surface area contributed by atoms with Gasteiger partial charge in [-0.3, -0.25) is 4.79 Å². The number of para-hydroxylation sites is 1. The van der Waals surface area contributed by atoms with E-state index in [2.05, 4.69) is 39.1 Å². The second-order valence-corrected chi connectivity index (χ2v) is 6.41. The van der Waals surface area contributed by atoms with Crippen LogP contribution in [0.4, 0.5) is 0 Å². The zero-order valence-electron chi connectivity index (χ0n) is 13.7. The van der Waals surface area contributed by atoms with Crippen molar-refractivity contribution in [1.82, 2.24) is 9.97 Å². The third-order valence-corrected chi connectivity index (χ3v) is 4.34. The molecule has 1 N–H and O–H groups in total. The average Bonchev–Trinajstić information content (AvgIpc) is 2.61. The largest absolute Gasteiger partial charge is 0.490 e. The maximum atomic E-state index is 12.3. The Bertz CT molecular complexity index is 982. The summed E-state index contributed by atoms with van der Waals surface area (Å²) in [6.45, 7) is 6.47. The Kier molecular flexibility index (Phi) is 5.37. The summed E-state index contributed by atoms with van der Waals surface area (Å²) in [5.74, 6) is 1.77. The number of hydrogen-bond donors (Lipinski definition) is 1. The molecule has 1 heterocycles. The van der Waals surface area contributed by atoms with Gasteiger partial charge in [0.15, 0.2) is 11.5 Å². The molecular formula is C19H17IN2O3. The number of aromatic amines is 1. The van der Waals surface area contributed by atoms with Gasteiger partial charge in [0.25, 0.3) is 5.56 Å². The molecule has 0 fully saturated rings. The number of hydrogen-bond acceptors (Lipinski definition) is 4. The van der Waals surface area contributed by atoms with Crippen LogP contribution in [0.1, 0.15) is 6.92 Å². The van der Waals surface area contributed by atoms with Crippen LogP contribution in [0, 0.1) is 3.57 Å². The Balaban J connectivity index is 2.14. The van der Waals surface area contributed by atoms with Gasteiger partial charge in [0.2, 0.25) is 0 Å². The number of ether oxygens (including phenoxy) is 2. The van der Waals surface area contributed by atoms with Gasteiger partial charge in [0.1, 0.15) is 12.4 Å². The monoisotopic (exact) mass is 448 g/mol. The van der Waals surface area contributed by atoms with Crippen LogP contribution in [-0.2, 0) is 0 Å². The summed E-state index contributed by atoms with van der Waals surface area (Å²) in [4.78, 5) is 19.7. The molecule has 3 aromatic rings. The first kappa shape index (κ1) is 17.5. The third kappa shape index (κ3) is 3.68. The first-order valence-electron chi connectivity index (χ1n) is 7.83. The number of benzene rings is 2. The van der Waals surface area contributed by atoms with Crippen molar-refractivity contribution in [1.29, 1.82) is 0 Å². The van der Waals surface area contributed by atoms with Crippen molar-refractivity contribution in [3.63, 3.8) is 0 Å². The maximum Gasteiger partial charge on any atom is 0.259 e. The van der Waals surface area contributed by atoms with E-state index in [-0.39, 0.29) is 5.56 Å². The maximum absolute atomic E-state index is 12.3. The zero-order valence-corrected chi connectivity index (χ0v) is 15.9. The summed E-state index contributed by atoms with van der Waals surface area (Å²) >= 11 is 2.19. The smallest absolute Gasteiger partial charge is 0.259 e. The van der Waals surface area contributed by atoms with E-state index >= 15 is 0 Å². The highest BCUT2D eigenvalue weighted by Gasteiger charge is 2.15. The molecule has 0 spiro atoms. The number of rotatable bonds is 6. The number of H-pyrrole nitrogens is 1. The van der Waals surface area contributed by atoms with Gasteiger partial charge in [0, 0.05) is 5.56 Å². The van der Waals surface area contributed by atoms with Gasteiger partial charge >= 0.3 is 0 Å². The molecule has 0 atom stereocenters. The Hall–Kier alpha value is -2.35. The van der Waals surface area contributed by atoms with E-state index in [1.807, 2.05) is 37.3 Å². The molecule has 0 amide bonds. The molecule has 0 aliphatic rings. The van der Waals surface area contributed by atoms with E-state index in [4.69, 9.17) is 9.47 Å². The Labute approximate surface area is 158 Å². The minimum absolute atomic E-state index is 0.166. The van der Waals surface area contributed by atoms with Crippen molar-refractivity contribution >= 4 is 33.5 Å². The minimum atomic E-state index is -0.166. The lowest BCUT2D eigenvalue weighted by atomic mass is 10.1. The SMILES string of the molecule is C=CCOc1c(I)cc(-c2nc3ccccc3c(=O)[nH]2)cc1OCC. The predicted molar refractivity (Wildman–Crippen MR) is 107 cm³/mol. The molecule has 5 nitrogen and oxygen atoms in total.